The van der Waals surface area contributed by atoms with E-state index in [4.69, 9.17) is 0 Å². The Hall–Kier alpha value is -1.39. The summed E-state index contributed by atoms with van der Waals surface area (Å²) in [6.07, 6.45) is -0.178. The van der Waals surface area contributed by atoms with Crippen LogP contribution in [0.1, 0.15) is 38.2 Å². The van der Waals surface area contributed by atoms with Gasteiger partial charge in [-0.3, -0.25) is 4.79 Å². The highest BCUT2D eigenvalue weighted by Crippen LogP contribution is 2.29. The first kappa shape index (κ1) is 15.0. The van der Waals surface area contributed by atoms with Gasteiger partial charge in [0, 0.05) is 22.5 Å². The first-order valence-corrected chi connectivity index (χ1v) is 7.60. The molecule has 0 saturated heterocycles. The summed E-state index contributed by atoms with van der Waals surface area (Å²) in [7, 11) is 0. The van der Waals surface area contributed by atoms with Gasteiger partial charge in [-0.15, -0.1) is 11.3 Å². The van der Waals surface area contributed by atoms with Crippen molar-refractivity contribution in [2.24, 2.45) is 5.41 Å². The molecule has 0 spiro atoms. The van der Waals surface area contributed by atoms with Crippen molar-refractivity contribution < 1.29 is 9.90 Å². The fourth-order valence-corrected chi connectivity index (χ4v) is 3.07. The smallest absolute Gasteiger partial charge is 0.220 e. The summed E-state index contributed by atoms with van der Waals surface area (Å²) in [5, 5.41) is 14.1. The molecule has 20 heavy (non-hydrogen) atoms. The van der Waals surface area contributed by atoms with Crippen LogP contribution in [0.5, 0.6) is 0 Å². The maximum absolute atomic E-state index is 11.7. The van der Waals surface area contributed by atoms with Crippen LogP contribution in [0.15, 0.2) is 30.3 Å². The van der Waals surface area contributed by atoms with Crippen molar-refractivity contribution in [2.45, 2.75) is 33.3 Å². The van der Waals surface area contributed by atoms with Crippen LogP contribution < -0.4 is 5.32 Å². The second-order valence-corrected chi connectivity index (χ2v) is 7.36. The first-order chi connectivity index (χ1) is 9.35. The monoisotopic (exact) mass is 291 g/mol. The van der Waals surface area contributed by atoms with Crippen LogP contribution in [0.4, 0.5) is 0 Å². The molecule has 0 aliphatic carbocycles. The number of hydrogen-bond acceptors (Lipinski definition) is 3. The highest BCUT2D eigenvalue weighted by atomic mass is 32.1. The van der Waals surface area contributed by atoms with Crippen molar-refractivity contribution in [2.75, 3.05) is 6.54 Å². The fourth-order valence-electron chi connectivity index (χ4n) is 2.02. The minimum absolute atomic E-state index is 0.0161. The Morgan fingerprint density at radius 3 is 2.70 bits per heavy atom. The zero-order chi connectivity index (χ0) is 14.8. The summed E-state index contributed by atoms with van der Waals surface area (Å²) in [5.41, 5.74) is -0.0351. The number of rotatable bonds is 4. The average molecular weight is 291 g/mol. The van der Waals surface area contributed by atoms with Gasteiger partial charge in [0.15, 0.2) is 0 Å². The van der Waals surface area contributed by atoms with E-state index in [0.29, 0.717) is 6.42 Å². The van der Waals surface area contributed by atoms with Crippen molar-refractivity contribution >= 4 is 27.3 Å². The molecule has 1 amide bonds. The number of carbonyl (C=O) groups is 1. The number of benzene rings is 1. The van der Waals surface area contributed by atoms with Gasteiger partial charge in [-0.2, -0.15) is 0 Å². The minimum Gasteiger partial charge on any atom is -0.386 e. The van der Waals surface area contributed by atoms with E-state index in [-0.39, 0.29) is 17.9 Å². The van der Waals surface area contributed by atoms with Crippen LogP contribution in [0.2, 0.25) is 0 Å². The van der Waals surface area contributed by atoms with Crippen LogP contribution in [0.3, 0.4) is 0 Å². The van der Waals surface area contributed by atoms with Gasteiger partial charge in [0.05, 0.1) is 0 Å². The highest BCUT2D eigenvalue weighted by molar-refractivity contribution is 7.19. The van der Waals surface area contributed by atoms with Gasteiger partial charge in [0.1, 0.15) is 6.10 Å². The number of aliphatic hydroxyl groups excluding tert-OH is 1. The Bertz CT molecular complexity index is 565. The SMILES string of the molecule is CC(C)(C)CC(=O)NCC(O)c1cc2ccccc2s1. The normalized spacial score (nSPS) is 13.4. The van der Waals surface area contributed by atoms with Crippen LogP contribution in [0.25, 0.3) is 10.1 Å². The second kappa shape index (κ2) is 5.94. The summed E-state index contributed by atoms with van der Waals surface area (Å²) in [6.45, 7) is 6.33. The lowest BCUT2D eigenvalue weighted by atomic mass is 9.92. The predicted molar refractivity (Wildman–Crippen MR) is 83.9 cm³/mol. The quantitative estimate of drug-likeness (QED) is 0.906. The number of aliphatic hydroxyl groups is 1. The van der Waals surface area contributed by atoms with Crippen molar-refractivity contribution in [1.29, 1.82) is 0 Å². The molecule has 1 heterocycles. The second-order valence-electron chi connectivity index (χ2n) is 6.24. The van der Waals surface area contributed by atoms with E-state index in [1.807, 2.05) is 51.1 Å². The third-order valence-electron chi connectivity index (χ3n) is 2.96. The van der Waals surface area contributed by atoms with E-state index in [0.717, 1.165) is 15.0 Å². The molecule has 2 N–H and O–H groups in total. The number of thiophene rings is 1. The van der Waals surface area contributed by atoms with Gasteiger partial charge in [-0.25, -0.2) is 0 Å². The van der Waals surface area contributed by atoms with Gasteiger partial charge in [-0.05, 0) is 22.9 Å². The van der Waals surface area contributed by atoms with E-state index in [2.05, 4.69) is 5.32 Å². The molecular formula is C16H21NO2S. The molecule has 1 unspecified atom stereocenters. The maximum Gasteiger partial charge on any atom is 0.220 e. The number of nitrogens with one attached hydrogen (secondary N) is 1. The maximum atomic E-state index is 11.7. The topological polar surface area (TPSA) is 49.3 Å². The number of carbonyl (C=O) groups excluding carboxylic acids is 1. The summed E-state index contributed by atoms with van der Waals surface area (Å²) in [5.74, 6) is -0.0161. The van der Waals surface area contributed by atoms with Gasteiger partial charge in [0.2, 0.25) is 5.91 Å². The van der Waals surface area contributed by atoms with Crippen LogP contribution in [-0.2, 0) is 4.79 Å². The van der Waals surface area contributed by atoms with Crippen molar-refractivity contribution in [3.8, 4) is 0 Å². The summed E-state index contributed by atoms with van der Waals surface area (Å²) < 4.78 is 1.16. The molecule has 0 bridgehead atoms. The molecule has 1 atom stereocenters. The minimum atomic E-state index is -0.642. The molecule has 3 nitrogen and oxygen atoms in total. The van der Waals surface area contributed by atoms with Crippen molar-refractivity contribution in [3.05, 3.63) is 35.2 Å². The van der Waals surface area contributed by atoms with Gasteiger partial charge in [-0.1, -0.05) is 39.0 Å². The fraction of sp³-hybridized carbons (Fsp3) is 0.438. The Labute approximate surface area is 123 Å². The summed E-state index contributed by atoms with van der Waals surface area (Å²) in [4.78, 5) is 12.6. The standard InChI is InChI=1S/C16H21NO2S/c1-16(2,3)9-15(19)17-10-12(18)14-8-11-6-4-5-7-13(11)20-14/h4-8,12,18H,9-10H2,1-3H3,(H,17,19). The molecule has 0 aliphatic rings. The van der Waals surface area contributed by atoms with Gasteiger partial charge < -0.3 is 10.4 Å². The Kier molecular flexibility index (Phi) is 4.45. The van der Waals surface area contributed by atoms with Crippen molar-refractivity contribution in [3.63, 3.8) is 0 Å². The largest absolute Gasteiger partial charge is 0.386 e. The third-order valence-corrected chi connectivity index (χ3v) is 4.17. The summed E-state index contributed by atoms with van der Waals surface area (Å²) >= 11 is 1.57. The predicted octanol–water partition coefficient (Wildman–Crippen LogP) is 3.49. The lowest BCUT2D eigenvalue weighted by molar-refractivity contribution is -0.123. The zero-order valence-electron chi connectivity index (χ0n) is 12.1. The van der Waals surface area contributed by atoms with E-state index in [1.54, 1.807) is 11.3 Å². The molecule has 108 valence electrons. The molecule has 0 saturated carbocycles. The average Bonchev–Trinajstić information content (AvgIpc) is 2.77. The lowest BCUT2D eigenvalue weighted by Crippen LogP contribution is -2.30. The van der Waals surface area contributed by atoms with Crippen LogP contribution in [-0.4, -0.2) is 17.6 Å². The number of hydrogen-bond donors (Lipinski definition) is 2. The van der Waals surface area contributed by atoms with Crippen molar-refractivity contribution in [1.82, 2.24) is 5.32 Å². The van der Waals surface area contributed by atoms with Gasteiger partial charge in [0.25, 0.3) is 0 Å². The third kappa shape index (κ3) is 4.05. The Morgan fingerprint density at radius 2 is 2.05 bits per heavy atom. The lowest BCUT2D eigenvalue weighted by Gasteiger charge is -2.18. The molecule has 1 aromatic carbocycles. The van der Waals surface area contributed by atoms with Crippen LogP contribution in [0, 0.1) is 5.41 Å². The molecule has 0 fully saturated rings. The molecule has 2 rings (SSSR count). The molecule has 4 heteroatoms. The van der Waals surface area contributed by atoms with E-state index in [1.165, 1.54) is 0 Å². The molecule has 0 aliphatic heterocycles. The highest BCUT2D eigenvalue weighted by Gasteiger charge is 2.17. The van der Waals surface area contributed by atoms with Gasteiger partial charge >= 0.3 is 0 Å². The Morgan fingerprint density at radius 1 is 1.35 bits per heavy atom. The molecular weight excluding hydrogens is 270 g/mol. The number of amides is 1. The number of fused-ring (bicyclic) bond motifs is 1. The van der Waals surface area contributed by atoms with E-state index >= 15 is 0 Å². The van der Waals surface area contributed by atoms with E-state index in [9.17, 15) is 9.90 Å². The molecule has 0 radical (unpaired) electrons. The summed E-state index contributed by atoms with van der Waals surface area (Å²) in [6, 6.07) is 10.0. The first-order valence-electron chi connectivity index (χ1n) is 6.78. The van der Waals surface area contributed by atoms with E-state index < -0.39 is 6.10 Å². The molecule has 1 aromatic heterocycles. The molecule has 2 aromatic rings. The zero-order valence-corrected chi connectivity index (χ0v) is 13.0. The van der Waals surface area contributed by atoms with Crippen LogP contribution >= 0.6 is 11.3 Å². The Balaban J connectivity index is 1.95.